The highest BCUT2D eigenvalue weighted by atomic mass is 19.1. The quantitative estimate of drug-likeness (QED) is 0.523. The lowest BCUT2D eigenvalue weighted by Gasteiger charge is -2.15. The summed E-state index contributed by atoms with van der Waals surface area (Å²) in [6, 6.07) is 7.87. The van der Waals surface area contributed by atoms with Crippen LogP contribution < -0.4 is 15.9 Å². The van der Waals surface area contributed by atoms with Gasteiger partial charge in [-0.15, -0.1) is 5.10 Å². The topological polar surface area (TPSA) is 108 Å². The van der Waals surface area contributed by atoms with E-state index in [1.807, 2.05) is 0 Å². The number of nitrogens with two attached hydrogens (primary N) is 1. The second kappa shape index (κ2) is 6.97. The van der Waals surface area contributed by atoms with E-state index in [4.69, 9.17) is 10.5 Å². The molecular weight excluding hydrogens is 340 g/mol. The fraction of sp³-hybridized carbons (Fsp3) is 0.118. The number of hydrogen-bond donors (Lipinski definition) is 2. The van der Waals surface area contributed by atoms with Gasteiger partial charge >= 0.3 is 7.12 Å². The molecule has 9 heteroatoms. The summed E-state index contributed by atoms with van der Waals surface area (Å²) in [5.41, 5.74) is 6.90. The van der Waals surface area contributed by atoms with Crippen molar-refractivity contribution in [1.82, 2.24) is 10.2 Å². The number of ether oxygens (including phenoxy) is 1. The normalized spacial score (nSPS) is 10.6. The first-order valence-electron chi connectivity index (χ1n) is 7.64. The Labute approximate surface area is 148 Å². The van der Waals surface area contributed by atoms with Crippen LogP contribution in [0.5, 0.6) is 5.75 Å². The van der Waals surface area contributed by atoms with Crippen LogP contribution in [0.15, 0.2) is 30.3 Å². The van der Waals surface area contributed by atoms with Crippen LogP contribution in [-0.4, -0.2) is 35.9 Å². The monoisotopic (exact) mass is 355 g/mol. The van der Waals surface area contributed by atoms with E-state index in [-0.39, 0.29) is 29.1 Å². The molecule has 0 unspecified atom stereocenters. The molecule has 0 spiro atoms. The van der Waals surface area contributed by atoms with Gasteiger partial charge in [0.1, 0.15) is 11.6 Å². The predicted octanol–water partition coefficient (Wildman–Crippen LogP) is 1.20. The zero-order chi connectivity index (χ0) is 18.8. The van der Waals surface area contributed by atoms with E-state index in [1.165, 1.54) is 19.2 Å². The fourth-order valence-electron chi connectivity index (χ4n) is 2.79. The number of halogens is 1. The van der Waals surface area contributed by atoms with Gasteiger partial charge in [-0.25, -0.2) is 4.39 Å². The van der Waals surface area contributed by atoms with Gasteiger partial charge in [-0.2, -0.15) is 5.10 Å². The SMILES string of the molecule is COc1ccc(B(O)OC=O)c(F)c1-c1ccc2c(N)nnc(C)c2c1. The van der Waals surface area contributed by atoms with Crippen LogP contribution in [0, 0.1) is 12.7 Å². The van der Waals surface area contributed by atoms with Crippen molar-refractivity contribution in [2.45, 2.75) is 6.92 Å². The van der Waals surface area contributed by atoms with Crippen LogP contribution in [0.3, 0.4) is 0 Å². The van der Waals surface area contributed by atoms with Crippen LogP contribution in [0.1, 0.15) is 5.69 Å². The Bertz CT molecular complexity index is 999. The highest BCUT2D eigenvalue weighted by Crippen LogP contribution is 2.34. The molecule has 132 valence electrons. The minimum absolute atomic E-state index is 0.0504. The molecule has 0 aliphatic heterocycles. The number of methoxy groups -OCH3 is 1. The van der Waals surface area contributed by atoms with E-state index < -0.39 is 12.9 Å². The maximum Gasteiger partial charge on any atom is 0.564 e. The molecular formula is C17H15BFN3O4. The summed E-state index contributed by atoms with van der Waals surface area (Å²) in [6.07, 6.45) is 0. The lowest BCUT2D eigenvalue weighted by Crippen LogP contribution is -2.36. The van der Waals surface area contributed by atoms with Crippen molar-refractivity contribution in [3.05, 3.63) is 41.8 Å². The van der Waals surface area contributed by atoms with Crippen molar-refractivity contribution in [2.24, 2.45) is 0 Å². The first kappa shape index (κ1) is 17.6. The number of rotatable bonds is 5. The van der Waals surface area contributed by atoms with Gasteiger partial charge in [-0.1, -0.05) is 12.1 Å². The number of carbonyl (C=O) groups excluding carboxylic acids is 1. The molecule has 0 fully saturated rings. The van der Waals surface area contributed by atoms with Crippen molar-refractivity contribution in [3.8, 4) is 16.9 Å². The number of benzene rings is 2. The zero-order valence-corrected chi connectivity index (χ0v) is 14.1. The standard InChI is InChI=1S/C17H15BFN3O4/c1-9-12-7-10(3-4-11(12)17(20)22-21-9)15-14(25-2)6-5-13(16(15)19)18(24)26-8-23/h3-8,24H,1-2H3,(H2,20,22). The highest BCUT2D eigenvalue weighted by Gasteiger charge is 2.27. The van der Waals surface area contributed by atoms with Crippen LogP contribution in [0.4, 0.5) is 10.2 Å². The Kier molecular flexibility index (Phi) is 4.72. The summed E-state index contributed by atoms with van der Waals surface area (Å²) in [4.78, 5) is 10.4. The third-order valence-electron chi connectivity index (χ3n) is 4.09. The van der Waals surface area contributed by atoms with E-state index in [0.717, 1.165) is 0 Å². The Hall–Kier alpha value is -3.20. The van der Waals surface area contributed by atoms with Crippen molar-refractivity contribution in [3.63, 3.8) is 0 Å². The van der Waals surface area contributed by atoms with Gasteiger partial charge in [0.2, 0.25) is 0 Å². The lowest BCUT2D eigenvalue weighted by atomic mass is 9.77. The van der Waals surface area contributed by atoms with Gasteiger partial charge in [0.15, 0.2) is 5.82 Å². The van der Waals surface area contributed by atoms with E-state index in [1.54, 1.807) is 25.1 Å². The minimum atomic E-state index is -1.72. The molecule has 0 atom stereocenters. The molecule has 3 N–H and O–H groups in total. The Balaban J connectivity index is 2.25. The number of anilines is 1. The molecule has 0 saturated heterocycles. The molecule has 3 aromatic rings. The summed E-state index contributed by atoms with van der Waals surface area (Å²) in [6.45, 7) is 1.82. The number of nitrogens with zero attached hydrogens (tertiary/aromatic N) is 2. The molecule has 3 rings (SSSR count). The van der Waals surface area contributed by atoms with E-state index in [0.29, 0.717) is 22.0 Å². The number of aryl methyl sites for hydroxylation is 1. The van der Waals surface area contributed by atoms with Crippen molar-refractivity contribution < 1.29 is 23.6 Å². The average molecular weight is 355 g/mol. The number of aromatic nitrogens is 2. The van der Waals surface area contributed by atoms with Gasteiger partial charge < -0.3 is 20.1 Å². The van der Waals surface area contributed by atoms with Gasteiger partial charge in [-0.05, 0) is 30.7 Å². The molecule has 1 aromatic heterocycles. The van der Waals surface area contributed by atoms with E-state index in [2.05, 4.69) is 14.9 Å². The zero-order valence-electron chi connectivity index (χ0n) is 14.1. The largest absolute Gasteiger partial charge is 0.564 e. The number of carbonyl (C=O) groups is 1. The molecule has 0 aliphatic carbocycles. The summed E-state index contributed by atoms with van der Waals surface area (Å²) in [7, 11) is -0.313. The fourth-order valence-corrected chi connectivity index (χ4v) is 2.79. The molecule has 0 radical (unpaired) electrons. The molecule has 2 aromatic carbocycles. The van der Waals surface area contributed by atoms with Gasteiger partial charge in [0, 0.05) is 16.2 Å². The average Bonchev–Trinajstić information content (AvgIpc) is 2.64. The van der Waals surface area contributed by atoms with Gasteiger partial charge in [-0.3, -0.25) is 4.79 Å². The van der Waals surface area contributed by atoms with Crippen molar-refractivity contribution in [2.75, 3.05) is 12.8 Å². The van der Waals surface area contributed by atoms with Crippen molar-refractivity contribution >= 4 is 35.6 Å². The Morgan fingerprint density at radius 1 is 1.23 bits per heavy atom. The first-order chi connectivity index (χ1) is 12.5. The smallest absolute Gasteiger partial charge is 0.508 e. The molecule has 7 nitrogen and oxygen atoms in total. The molecule has 0 aliphatic rings. The minimum Gasteiger partial charge on any atom is -0.508 e. The summed E-state index contributed by atoms with van der Waals surface area (Å²) in [5.74, 6) is -0.227. The van der Waals surface area contributed by atoms with E-state index >= 15 is 4.39 Å². The third kappa shape index (κ3) is 2.93. The summed E-state index contributed by atoms with van der Waals surface area (Å²) >= 11 is 0. The first-order valence-corrected chi connectivity index (χ1v) is 7.64. The third-order valence-corrected chi connectivity index (χ3v) is 4.09. The number of nitrogen functional groups attached to an aromatic ring is 1. The lowest BCUT2D eigenvalue weighted by molar-refractivity contribution is -0.121. The Morgan fingerprint density at radius 3 is 2.69 bits per heavy atom. The molecule has 0 amide bonds. The molecule has 26 heavy (non-hydrogen) atoms. The number of fused-ring (bicyclic) bond motifs is 1. The van der Waals surface area contributed by atoms with Gasteiger partial charge in [0.05, 0.1) is 18.4 Å². The van der Waals surface area contributed by atoms with Crippen molar-refractivity contribution in [1.29, 1.82) is 0 Å². The van der Waals surface area contributed by atoms with Crippen LogP contribution in [-0.2, 0) is 9.45 Å². The van der Waals surface area contributed by atoms with Gasteiger partial charge in [0.25, 0.3) is 6.47 Å². The molecule has 0 saturated carbocycles. The maximum atomic E-state index is 15.1. The second-order valence-electron chi connectivity index (χ2n) is 5.56. The Morgan fingerprint density at radius 2 is 2.00 bits per heavy atom. The van der Waals surface area contributed by atoms with E-state index in [9.17, 15) is 9.82 Å². The summed E-state index contributed by atoms with van der Waals surface area (Å²) < 4.78 is 24.8. The molecule has 0 bridgehead atoms. The maximum absolute atomic E-state index is 15.1. The number of hydrogen-bond acceptors (Lipinski definition) is 7. The predicted molar refractivity (Wildman–Crippen MR) is 95.4 cm³/mol. The van der Waals surface area contributed by atoms with Crippen LogP contribution in [0.25, 0.3) is 21.9 Å². The summed E-state index contributed by atoms with van der Waals surface area (Å²) in [5, 5.41) is 19.1. The second-order valence-corrected chi connectivity index (χ2v) is 5.56. The van der Waals surface area contributed by atoms with Crippen LogP contribution >= 0.6 is 0 Å². The highest BCUT2D eigenvalue weighted by molar-refractivity contribution is 6.61. The molecule has 1 heterocycles. The van der Waals surface area contributed by atoms with Crippen LogP contribution in [0.2, 0.25) is 0 Å².